The van der Waals surface area contributed by atoms with E-state index >= 15 is 0 Å². The lowest BCUT2D eigenvalue weighted by Gasteiger charge is -1.97. The topological polar surface area (TPSA) is 113 Å². The summed E-state index contributed by atoms with van der Waals surface area (Å²) >= 11 is 0. The zero-order chi connectivity index (χ0) is 14.8. The molecule has 1 aliphatic heterocycles. The predicted octanol–water partition coefficient (Wildman–Crippen LogP) is 0.109. The summed E-state index contributed by atoms with van der Waals surface area (Å²) in [5.41, 5.74) is 2.91. The van der Waals surface area contributed by atoms with E-state index in [0.717, 1.165) is 5.56 Å². The zero-order valence-corrected chi connectivity index (χ0v) is 10.9. The van der Waals surface area contributed by atoms with E-state index in [1.165, 1.54) is 13.1 Å². The van der Waals surface area contributed by atoms with Crippen LogP contribution in [0.3, 0.4) is 0 Å². The summed E-state index contributed by atoms with van der Waals surface area (Å²) in [5.74, 6) is 0.641. The molecule has 0 bridgehead atoms. The van der Waals surface area contributed by atoms with Gasteiger partial charge in [0, 0.05) is 6.92 Å². The van der Waals surface area contributed by atoms with Crippen LogP contribution < -0.4 is 19.8 Å². The highest BCUT2D eigenvalue weighted by molar-refractivity contribution is 5.93. The summed E-state index contributed by atoms with van der Waals surface area (Å²) in [5, 5.41) is 18.1. The maximum atomic E-state index is 11.7. The van der Waals surface area contributed by atoms with Crippen molar-refractivity contribution in [2.24, 2.45) is 5.10 Å². The van der Waals surface area contributed by atoms with Crippen LogP contribution in [0.5, 0.6) is 11.5 Å². The van der Waals surface area contributed by atoms with Gasteiger partial charge in [0.1, 0.15) is 0 Å². The van der Waals surface area contributed by atoms with E-state index in [2.05, 4.69) is 20.3 Å². The number of carbonyl (C=O) groups is 1. The molecule has 9 heteroatoms. The highest BCUT2D eigenvalue weighted by Gasteiger charge is 2.22. The number of carbonyl (C=O) groups excluding carboxylic acids is 1. The first-order chi connectivity index (χ1) is 10.1. The molecule has 1 N–H and O–H groups in total. The van der Waals surface area contributed by atoms with Gasteiger partial charge in [-0.2, -0.15) is 5.10 Å². The van der Waals surface area contributed by atoms with Crippen molar-refractivity contribution in [3.05, 3.63) is 40.4 Å². The molecule has 3 rings (SSSR count). The van der Waals surface area contributed by atoms with Gasteiger partial charge in [-0.1, -0.05) is 0 Å². The van der Waals surface area contributed by atoms with Crippen molar-refractivity contribution in [2.75, 3.05) is 6.79 Å². The third-order valence-electron chi connectivity index (χ3n) is 2.81. The van der Waals surface area contributed by atoms with E-state index in [-0.39, 0.29) is 23.1 Å². The fraction of sp³-hybridized carbons (Fsp3) is 0.167. The largest absolute Gasteiger partial charge is 0.454 e. The number of fused-ring (bicyclic) bond motifs is 1. The van der Waals surface area contributed by atoms with E-state index in [4.69, 9.17) is 9.47 Å². The molecule has 2 aromatic rings. The fourth-order valence-electron chi connectivity index (χ4n) is 1.71. The molecular weight excluding hydrogens is 280 g/mol. The van der Waals surface area contributed by atoms with Gasteiger partial charge in [0.25, 0.3) is 0 Å². The van der Waals surface area contributed by atoms with E-state index < -0.39 is 5.91 Å². The van der Waals surface area contributed by atoms with Crippen molar-refractivity contribution in [3.63, 3.8) is 0 Å². The summed E-state index contributed by atoms with van der Waals surface area (Å²) in [6, 6.07) is 5.23. The smallest absolute Gasteiger partial charge is 0.322 e. The third-order valence-corrected chi connectivity index (χ3v) is 2.81. The van der Waals surface area contributed by atoms with Crippen molar-refractivity contribution in [3.8, 4) is 11.5 Å². The van der Waals surface area contributed by atoms with Crippen LogP contribution in [0.25, 0.3) is 0 Å². The van der Waals surface area contributed by atoms with Gasteiger partial charge < -0.3 is 14.7 Å². The predicted molar refractivity (Wildman–Crippen MR) is 67.8 cm³/mol. The molecule has 2 heterocycles. The van der Waals surface area contributed by atoms with Crippen molar-refractivity contribution in [1.29, 1.82) is 0 Å². The molecule has 0 atom stereocenters. The van der Waals surface area contributed by atoms with Crippen LogP contribution in [0.15, 0.2) is 27.9 Å². The number of hydrogen-bond donors (Lipinski definition) is 1. The Morgan fingerprint density at radius 1 is 1.48 bits per heavy atom. The maximum Gasteiger partial charge on any atom is 0.322 e. The van der Waals surface area contributed by atoms with E-state index in [1.807, 2.05) is 0 Å². The van der Waals surface area contributed by atoms with Crippen LogP contribution in [0.4, 0.5) is 0 Å². The second-order valence-corrected chi connectivity index (χ2v) is 4.18. The summed E-state index contributed by atoms with van der Waals surface area (Å²) < 4.78 is 14.7. The lowest BCUT2D eigenvalue weighted by atomic mass is 10.2. The second-order valence-electron chi connectivity index (χ2n) is 4.18. The molecule has 1 amide bonds. The molecule has 0 spiro atoms. The number of aromatic nitrogens is 2. The first-order valence-electron chi connectivity index (χ1n) is 5.94. The monoisotopic (exact) mass is 290 g/mol. The Labute approximate surface area is 118 Å². The molecule has 0 saturated carbocycles. The summed E-state index contributed by atoms with van der Waals surface area (Å²) in [4.78, 5) is 11.9. The summed E-state index contributed by atoms with van der Waals surface area (Å²) in [6.07, 6.45) is 1.43. The zero-order valence-electron chi connectivity index (χ0n) is 10.9. The van der Waals surface area contributed by atoms with Crippen molar-refractivity contribution >= 4 is 12.1 Å². The number of nitrogens with zero attached hydrogens (tertiary/aromatic N) is 3. The molecule has 1 aromatic carbocycles. The summed E-state index contributed by atoms with van der Waals surface area (Å²) in [6.45, 7) is 1.60. The lowest BCUT2D eigenvalue weighted by Crippen LogP contribution is -2.28. The number of benzene rings is 1. The normalized spacial score (nSPS) is 12.8. The van der Waals surface area contributed by atoms with Crippen LogP contribution in [-0.4, -0.2) is 24.1 Å². The molecule has 0 fully saturated rings. The number of ether oxygens (including phenoxy) is 2. The lowest BCUT2D eigenvalue weighted by molar-refractivity contribution is -0.806. The molecule has 0 unspecified atom stereocenters. The number of nitrogens with one attached hydrogen (secondary N) is 1. The molecule has 21 heavy (non-hydrogen) atoms. The van der Waals surface area contributed by atoms with E-state index in [1.54, 1.807) is 18.2 Å². The van der Waals surface area contributed by atoms with E-state index in [0.29, 0.717) is 11.5 Å². The Hall–Kier alpha value is -3.10. The van der Waals surface area contributed by atoms with E-state index in [9.17, 15) is 10.0 Å². The van der Waals surface area contributed by atoms with Crippen LogP contribution >= 0.6 is 0 Å². The molecular formula is C12H10N4O5. The Morgan fingerprint density at radius 2 is 2.29 bits per heavy atom. The van der Waals surface area contributed by atoms with Gasteiger partial charge in [-0.15, -0.1) is 0 Å². The minimum atomic E-state index is -0.636. The van der Waals surface area contributed by atoms with Crippen molar-refractivity contribution < 1.29 is 23.8 Å². The molecule has 1 aliphatic rings. The maximum absolute atomic E-state index is 11.7. The molecule has 0 radical (unpaired) electrons. The van der Waals surface area contributed by atoms with Crippen LogP contribution in [0.2, 0.25) is 0 Å². The van der Waals surface area contributed by atoms with Gasteiger partial charge in [-0.05, 0) is 28.7 Å². The second kappa shape index (κ2) is 5.12. The van der Waals surface area contributed by atoms with Gasteiger partial charge in [-0.3, -0.25) is 9.42 Å². The summed E-state index contributed by atoms with van der Waals surface area (Å²) in [7, 11) is 0. The fourth-order valence-corrected chi connectivity index (χ4v) is 1.71. The minimum absolute atomic E-state index is 0.0609. The van der Waals surface area contributed by atoms with Gasteiger partial charge in [0.15, 0.2) is 11.5 Å². The number of amides is 1. The Balaban J connectivity index is 1.67. The number of hydrogen-bond acceptors (Lipinski definition) is 7. The highest BCUT2D eigenvalue weighted by Crippen LogP contribution is 2.31. The van der Waals surface area contributed by atoms with Crippen LogP contribution in [0.1, 0.15) is 21.7 Å². The Kier molecular flexibility index (Phi) is 3.14. The minimum Gasteiger partial charge on any atom is -0.454 e. The van der Waals surface area contributed by atoms with Crippen molar-refractivity contribution in [2.45, 2.75) is 6.92 Å². The van der Waals surface area contributed by atoms with Gasteiger partial charge in [0.2, 0.25) is 12.5 Å². The average Bonchev–Trinajstić information content (AvgIpc) is 3.06. The molecule has 0 aliphatic carbocycles. The third kappa shape index (κ3) is 2.48. The first-order valence-corrected chi connectivity index (χ1v) is 5.94. The Morgan fingerprint density at radius 3 is 3.05 bits per heavy atom. The first kappa shape index (κ1) is 12.9. The van der Waals surface area contributed by atoms with Crippen LogP contribution in [0, 0.1) is 12.1 Å². The molecule has 108 valence electrons. The van der Waals surface area contributed by atoms with Gasteiger partial charge >= 0.3 is 11.6 Å². The van der Waals surface area contributed by atoms with Gasteiger partial charge in [-0.25, -0.2) is 5.43 Å². The standard InChI is InChI=1S/C12H10N4O5/c1-7-11(15-21-16(7)18)12(17)14-13-5-8-2-3-9-10(4-8)20-6-19-9/h2-5H,6H2,1H3,(H,14,17)/b13-5+. The molecule has 0 saturated heterocycles. The average molecular weight is 290 g/mol. The number of hydrazone groups is 1. The molecule has 9 nitrogen and oxygen atoms in total. The SMILES string of the molecule is Cc1c(C(=O)N/N=C/c2ccc3c(c2)OCO3)no[n+]1[O-]. The van der Waals surface area contributed by atoms with Gasteiger partial charge in [0.05, 0.1) is 11.4 Å². The highest BCUT2D eigenvalue weighted by atomic mass is 16.8. The van der Waals surface area contributed by atoms with Crippen LogP contribution in [-0.2, 0) is 0 Å². The quantitative estimate of drug-likeness (QED) is 0.487. The molecule has 1 aromatic heterocycles. The number of rotatable bonds is 3. The Bertz CT molecular complexity index is 724. The van der Waals surface area contributed by atoms with Crippen molar-refractivity contribution in [1.82, 2.24) is 10.6 Å².